The number of carbonyl (C=O) groups excluding carboxylic acids is 3. The number of esters is 1. The minimum Gasteiger partial charge on any atom is -0.465 e. The summed E-state index contributed by atoms with van der Waals surface area (Å²) >= 11 is 6.32. The molecule has 2 aliphatic heterocycles. The molecule has 2 aliphatic rings. The monoisotopic (exact) mass is 425 g/mol. The number of ether oxygens (including phenoxy) is 1. The molecule has 7 nitrogen and oxygen atoms in total. The number of benzene rings is 2. The zero-order valence-electron chi connectivity index (χ0n) is 16.4. The smallest absolute Gasteiger partial charge is 0.339 e. The van der Waals surface area contributed by atoms with E-state index < -0.39 is 17.8 Å². The van der Waals surface area contributed by atoms with Crippen molar-refractivity contribution >= 4 is 40.8 Å². The van der Waals surface area contributed by atoms with E-state index in [1.807, 2.05) is 35.2 Å². The van der Waals surface area contributed by atoms with Crippen molar-refractivity contribution in [2.24, 2.45) is 0 Å². The summed E-state index contributed by atoms with van der Waals surface area (Å²) in [5.74, 6) is -1.81. The van der Waals surface area contributed by atoms with Crippen LogP contribution in [0.3, 0.4) is 0 Å². The Hall–Kier alpha value is -3.32. The lowest BCUT2D eigenvalue weighted by atomic mass is 10.1. The molecule has 1 saturated heterocycles. The van der Waals surface area contributed by atoms with Gasteiger partial charge in [0.2, 0.25) is 0 Å². The van der Waals surface area contributed by atoms with Crippen molar-refractivity contribution in [2.45, 2.75) is 0 Å². The van der Waals surface area contributed by atoms with Crippen LogP contribution in [0.2, 0.25) is 0 Å². The fourth-order valence-corrected chi connectivity index (χ4v) is 4.05. The highest BCUT2D eigenvalue weighted by Gasteiger charge is 2.43. The van der Waals surface area contributed by atoms with Crippen LogP contribution in [0, 0.1) is 0 Å². The van der Waals surface area contributed by atoms with Crippen LogP contribution in [0.25, 0.3) is 0 Å². The largest absolute Gasteiger partial charge is 0.465 e. The summed E-state index contributed by atoms with van der Waals surface area (Å²) in [4.78, 5) is 43.2. The summed E-state index contributed by atoms with van der Waals surface area (Å²) < 4.78 is 4.78. The highest BCUT2D eigenvalue weighted by Crippen LogP contribution is 2.34. The van der Waals surface area contributed by atoms with Gasteiger partial charge in [-0.1, -0.05) is 41.9 Å². The Labute approximate surface area is 179 Å². The second-order valence-electron chi connectivity index (χ2n) is 6.93. The van der Waals surface area contributed by atoms with Crippen molar-refractivity contribution in [1.29, 1.82) is 0 Å². The maximum Gasteiger partial charge on any atom is 0.339 e. The summed E-state index contributed by atoms with van der Waals surface area (Å²) in [6.07, 6.45) is 0. The Bertz CT molecular complexity index is 1030. The summed E-state index contributed by atoms with van der Waals surface area (Å²) in [7, 11) is 1.25. The number of halogens is 1. The summed E-state index contributed by atoms with van der Waals surface area (Å²) in [6, 6.07) is 16.3. The molecular formula is C22H20ClN3O4. The van der Waals surface area contributed by atoms with Crippen molar-refractivity contribution < 1.29 is 19.1 Å². The first-order valence-corrected chi connectivity index (χ1v) is 9.91. The number of para-hydroxylation sites is 2. The molecule has 1 fully saturated rings. The van der Waals surface area contributed by atoms with Crippen LogP contribution in [0.5, 0.6) is 0 Å². The molecule has 0 N–H and O–H groups in total. The molecule has 2 amide bonds. The van der Waals surface area contributed by atoms with Gasteiger partial charge in [-0.3, -0.25) is 9.59 Å². The fraction of sp³-hybridized carbons (Fsp3) is 0.227. The average Bonchev–Trinajstić information content (AvgIpc) is 3.02. The number of methoxy groups -OCH3 is 1. The van der Waals surface area contributed by atoms with Gasteiger partial charge in [0, 0.05) is 31.9 Å². The molecule has 2 aromatic carbocycles. The molecule has 4 rings (SSSR count). The number of nitrogens with zero attached hydrogens (tertiary/aromatic N) is 3. The Balaban J connectivity index is 1.56. The molecule has 0 aliphatic carbocycles. The van der Waals surface area contributed by atoms with E-state index in [2.05, 4.69) is 4.90 Å². The van der Waals surface area contributed by atoms with Gasteiger partial charge in [-0.2, -0.15) is 0 Å². The number of amides is 2. The molecular weight excluding hydrogens is 406 g/mol. The molecule has 8 heteroatoms. The maximum absolute atomic E-state index is 13.2. The van der Waals surface area contributed by atoms with Crippen LogP contribution in [-0.4, -0.2) is 56.0 Å². The van der Waals surface area contributed by atoms with Gasteiger partial charge in [0.05, 0.1) is 18.4 Å². The molecule has 0 spiro atoms. The average molecular weight is 426 g/mol. The number of hydrogen-bond acceptors (Lipinski definition) is 6. The van der Waals surface area contributed by atoms with E-state index in [4.69, 9.17) is 16.3 Å². The topological polar surface area (TPSA) is 70.2 Å². The number of imide groups is 1. The van der Waals surface area contributed by atoms with Crippen molar-refractivity contribution in [3.8, 4) is 0 Å². The van der Waals surface area contributed by atoms with Crippen LogP contribution in [0.15, 0.2) is 65.3 Å². The van der Waals surface area contributed by atoms with Crippen LogP contribution < -0.4 is 9.80 Å². The van der Waals surface area contributed by atoms with Gasteiger partial charge in [0.1, 0.15) is 10.7 Å². The Morgan fingerprint density at radius 1 is 0.867 bits per heavy atom. The molecule has 2 aromatic rings. The van der Waals surface area contributed by atoms with E-state index in [0.717, 1.165) is 10.6 Å². The third kappa shape index (κ3) is 3.41. The third-order valence-corrected chi connectivity index (χ3v) is 5.61. The second kappa shape index (κ2) is 8.20. The lowest BCUT2D eigenvalue weighted by Gasteiger charge is -2.37. The van der Waals surface area contributed by atoms with Crippen molar-refractivity contribution in [3.63, 3.8) is 0 Å². The van der Waals surface area contributed by atoms with E-state index in [1.54, 1.807) is 12.1 Å². The van der Waals surface area contributed by atoms with E-state index in [9.17, 15) is 14.4 Å². The molecule has 154 valence electrons. The molecule has 0 radical (unpaired) electrons. The summed E-state index contributed by atoms with van der Waals surface area (Å²) in [5, 5.41) is -0.132. The van der Waals surface area contributed by atoms with Crippen molar-refractivity contribution in [1.82, 2.24) is 4.90 Å². The van der Waals surface area contributed by atoms with E-state index in [0.29, 0.717) is 26.2 Å². The molecule has 0 unspecified atom stereocenters. The Morgan fingerprint density at radius 2 is 1.47 bits per heavy atom. The van der Waals surface area contributed by atoms with Gasteiger partial charge in [-0.25, -0.2) is 9.69 Å². The zero-order valence-corrected chi connectivity index (χ0v) is 17.1. The van der Waals surface area contributed by atoms with E-state index >= 15 is 0 Å². The SMILES string of the molecule is COC(=O)c1ccccc1N1C(=O)C(Cl)=C(N2CCN(c3ccccc3)CC2)C1=O. The van der Waals surface area contributed by atoms with Gasteiger partial charge < -0.3 is 14.5 Å². The highest BCUT2D eigenvalue weighted by molar-refractivity contribution is 6.52. The van der Waals surface area contributed by atoms with E-state index in [-0.39, 0.29) is 22.0 Å². The van der Waals surface area contributed by atoms with Gasteiger partial charge in [-0.15, -0.1) is 0 Å². The molecule has 0 bridgehead atoms. The number of carbonyl (C=O) groups is 3. The summed E-state index contributed by atoms with van der Waals surface area (Å²) in [5.41, 5.74) is 1.57. The molecule has 0 atom stereocenters. The molecule has 0 saturated carbocycles. The first-order chi connectivity index (χ1) is 14.5. The minimum atomic E-state index is -0.640. The van der Waals surface area contributed by atoms with Crippen molar-refractivity contribution in [3.05, 3.63) is 70.9 Å². The number of hydrogen-bond donors (Lipinski definition) is 0. The number of anilines is 2. The first-order valence-electron chi connectivity index (χ1n) is 9.53. The predicted molar refractivity (Wildman–Crippen MR) is 113 cm³/mol. The Kier molecular flexibility index (Phi) is 5.46. The van der Waals surface area contributed by atoms with Gasteiger partial charge in [0.25, 0.3) is 11.8 Å². The highest BCUT2D eigenvalue weighted by atomic mass is 35.5. The number of piperazine rings is 1. The van der Waals surface area contributed by atoms with Crippen LogP contribution in [0.4, 0.5) is 11.4 Å². The van der Waals surface area contributed by atoms with Crippen LogP contribution >= 0.6 is 11.6 Å². The zero-order chi connectivity index (χ0) is 21.3. The fourth-order valence-electron chi connectivity index (χ4n) is 3.76. The Morgan fingerprint density at radius 3 is 2.13 bits per heavy atom. The lowest BCUT2D eigenvalue weighted by molar-refractivity contribution is -0.121. The predicted octanol–water partition coefficient (Wildman–Crippen LogP) is 2.62. The van der Waals surface area contributed by atoms with Crippen LogP contribution in [0.1, 0.15) is 10.4 Å². The van der Waals surface area contributed by atoms with Crippen molar-refractivity contribution in [2.75, 3.05) is 43.1 Å². The molecule has 0 aromatic heterocycles. The van der Waals surface area contributed by atoms with E-state index in [1.165, 1.54) is 19.2 Å². The molecule has 30 heavy (non-hydrogen) atoms. The third-order valence-electron chi connectivity index (χ3n) is 5.27. The normalized spacial score (nSPS) is 17.1. The van der Waals surface area contributed by atoms with Crippen LogP contribution in [-0.2, 0) is 14.3 Å². The maximum atomic E-state index is 13.2. The number of rotatable bonds is 4. The first kappa shape index (κ1) is 20.0. The summed E-state index contributed by atoms with van der Waals surface area (Å²) in [6.45, 7) is 2.48. The lowest BCUT2D eigenvalue weighted by Crippen LogP contribution is -2.47. The standard InChI is InChI=1S/C22H20ClN3O4/c1-30-22(29)16-9-5-6-10-17(16)26-20(27)18(23)19(21(26)28)25-13-11-24(12-14-25)15-7-3-2-4-8-15/h2-10H,11-14H2,1H3. The second-order valence-corrected chi connectivity index (χ2v) is 7.30. The minimum absolute atomic E-state index is 0.126. The van der Waals surface area contributed by atoms with Gasteiger partial charge >= 0.3 is 5.97 Å². The quantitative estimate of drug-likeness (QED) is 0.554. The van der Waals surface area contributed by atoms with Gasteiger partial charge in [-0.05, 0) is 24.3 Å². The molecule has 2 heterocycles. The van der Waals surface area contributed by atoms with Gasteiger partial charge in [0.15, 0.2) is 0 Å².